The van der Waals surface area contributed by atoms with Crippen LogP contribution in [0.1, 0.15) is 77.8 Å². The second-order valence-electron chi connectivity index (χ2n) is 8.80. The summed E-state index contributed by atoms with van der Waals surface area (Å²) in [4.78, 5) is 37.2. The molecule has 1 aromatic rings. The van der Waals surface area contributed by atoms with Crippen LogP contribution in [0.5, 0.6) is 0 Å². The van der Waals surface area contributed by atoms with Gasteiger partial charge < -0.3 is 10.5 Å². The predicted octanol–water partition coefficient (Wildman–Crippen LogP) is 2.65. The van der Waals surface area contributed by atoms with E-state index in [1.54, 1.807) is 6.92 Å². The smallest absolute Gasteiger partial charge is 0.152 e. The molecule has 7 heteroatoms. The van der Waals surface area contributed by atoms with Crippen LogP contribution in [0.15, 0.2) is 6.20 Å². The van der Waals surface area contributed by atoms with Crippen molar-refractivity contribution in [1.29, 1.82) is 0 Å². The maximum absolute atomic E-state index is 13.2. The minimum atomic E-state index is -0.605. The van der Waals surface area contributed by atoms with E-state index in [0.29, 0.717) is 44.9 Å². The van der Waals surface area contributed by atoms with Gasteiger partial charge in [-0.1, -0.05) is 25.5 Å². The van der Waals surface area contributed by atoms with Crippen molar-refractivity contribution in [2.45, 2.75) is 85.1 Å². The number of aromatic nitrogens is 3. The Kier molecular flexibility index (Phi) is 7.63. The van der Waals surface area contributed by atoms with E-state index in [9.17, 15) is 14.4 Å². The number of nitrogens with zero attached hydrogens (tertiary/aromatic N) is 3. The molecule has 2 heterocycles. The van der Waals surface area contributed by atoms with E-state index in [-0.39, 0.29) is 23.9 Å². The van der Waals surface area contributed by atoms with Gasteiger partial charge in [0.1, 0.15) is 11.6 Å². The van der Waals surface area contributed by atoms with Crippen LogP contribution >= 0.6 is 0 Å². The number of rotatable bonds is 5. The third-order valence-corrected chi connectivity index (χ3v) is 6.35. The maximum Gasteiger partial charge on any atom is 0.152 e. The summed E-state index contributed by atoms with van der Waals surface area (Å²) >= 11 is 0. The Hall–Kier alpha value is -1.89. The van der Waals surface area contributed by atoms with Crippen molar-refractivity contribution in [3.05, 3.63) is 11.9 Å². The molecule has 1 aliphatic heterocycles. The zero-order valence-corrected chi connectivity index (χ0v) is 17.5. The Morgan fingerprint density at radius 3 is 2.61 bits per heavy atom. The minimum Gasteiger partial charge on any atom is -0.324 e. The van der Waals surface area contributed by atoms with Gasteiger partial charge in [-0.3, -0.25) is 14.3 Å². The van der Waals surface area contributed by atoms with Gasteiger partial charge in [-0.2, -0.15) is 0 Å². The standard InChI is InChI=1S/C21H34N4O3/c1-16(26)6-10-21(3)11-7-17-15-25(24-23-17)13-5-4-9-20(2,19(28)14-22)12-8-18(21)27/h15H,4-14,22H2,1-3H3/t20-,21+/m1/s1. The van der Waals surface area contributed by atoms with E-state index in [1.807, 2.05) is 24.7 Å². The quantitative estimate of drug-likeness (QED) is 0.828. The molecule has 0 saturated carbocycles. The molecule has 7 nitrogen and oxygen atoms in total. The zero-order valence-electron chi connectivity index (χ0n) is 17.5. The van der Waals surface area contributed by atoms with Crippen LogP contribution in [0.4, 0.5) is 0 Å². The molecule has 2 bridgehead atoms. The van der Waals surface area contributed by atoms with Crippen molar-refractivity contribution >= 4 is 17.3 Å². The molecule has 0 fully saturated rings. The molecule has 28 heavy (non-hydrogen) atoms. The molecule has 2 rings (SSSR count). The van der Waals surface area contributed by atoms with Gasteiger partial charge in [-0.15, -0.1) is 5.10 Å². The third kappa shape index (κ3) is 5.80. The van der Waals surface area contributed by atoms with Crippen LogP contribution in [0.2, 0.25) is 0 Å². The lowest BCUT2D eigenvalue weighted by molar-refractivity contribution is -0.131. The predicted molar refractivity (Wildman–Crippen MR) is 107 cm³/mol. The van der Waals surface area contributed by atoms with Crippen LogP contribution in [0.3, 0.4) is 0 Å². The Bertz CT molecular complexity index is 714. The van der Waals surface area contributed by atoms with Crippen LogP contribution in [-0.4, -0.2) is 38.9 Å². The van der Waals surface area contributed by atoms with Crippen molar-refractivity contribution in [2.24, 2.45) is 16.6 Å². The van der Waals surface area contributed by atoms with Crippen molar-refractivity contribution in [1.82, 2.24) is 15.0 Å². The van der Waals surface area contributed by atoms with Crippen LogP contribution < -0.4 is 5.73 Å². The second kappa shape index (κ2) is 9.54. The topological polar surface area (TPSA) is 108 Å². The molecule has 0 spiro atoms. The fraction of sp³-hybridized carbons (Fsp3) is 0.762. The number of hydrogen-bond donors (Lipinski definition) is 1. The van der Waals surface area contributed by atoms with E-state index in [4.69, 9.17) is 5.73 Å². The summed E-state index contributed by atoms with van der Waals surface area (Å²) in [6, 6.07) is 0. The molecule has 0 amide bonds. The molecule has 1 aromatic heterocycles. The average molecular weight is 391 g/mol. The second-order valence-corrected chi connectivity index (χ2v) is 8.80. The highest BCUT2D eigenvalue weighted by molar-refractivity contribution is 5.88. The van der Waals surface area contributed by atoms with Crippen molar-refractivity contribution < 1.29 is 14.4 Å². The van der Waals surface area contributed by atoms with E-state index >= 15 is 0 Å². The van der Waals surface area contributed by atoms with Crippen LogP contribution in [-0.2, 0) is 27.3 Å². The molecule has 0 unspecified atom stereocenters. The number of ketones is 3. The summed E-state index contributed by atoms with van der Waals surface area (Å²) in [6.07, 6.45) is 7.45. The Balaban J connectivity index is 2.26. The molecule has 156 valence electrons. The summed E-state index contributed by atoms with van der Waals surface area (Å²) in [5, 5.41) is 8.41. The molecule has 0 saturated heterocycles. The van der Waals surface area contributed by atoms with Crippen molar-refractivity contribution in [3.8, 4) is 0 Å². The highest BCUT2D eigenvalue weighted by Gasteiger charge is 2.37. The summed E-state index contributed by atoms with van der Waals surface area (Å²) in [5.74, 6) is 0.220. The number of Topliss-reactive ketones (excluding diaryl/α,β-unsaturated/α-hetero) is 3. The average Bonchev–Trinajstić information content (AvgIpc) is 3.12. The molecule has 0 aromatic carbocycles. The monoisotopic (exact) mass is 390 g/mol. The van der Waals surface area contributed by atoms with E-state index < -0.39 is 10.8 Å². The number of aryl methyl sites for hydroxylation is 2. The minimum absolute atomic E-state index is 0.00126. The highest BCUT2D eigenvalue weighted by atomic mass is 16.1. The van der Waals surface area contributed by atoms with Gasteiger partial charge in [-0.25, -0.2) is 0 Å². The number of fused-ring (bicyclic) bond motifs is 2. The number of carbonyl (C=O) groups is 3. The van der Waals surface area contributed by atoms with Crippen LogP contribution in [0.25, 0.3) is 0 Å². The van der Waals surface area contributed by atoms with Gasteiger partial charge in [0.25, 0.3) is 0 Å². The van der Waals surface area contributed by atoms with Gasteiger partial charge in [0.15, 0.2) is 5.78 Å². The Morgan fingerprint density at radius 1 is 1.18 bits per heavy atom. The maximum atomic E-state index is 13.2. The van der Waals surface area contributed by atoms with Crippen LogP contribution in [0, 0.1) is 10.8 Å². The highest BCUT2D eigenvalue weighted by Crippen LogP contribution is 2.37. The molecule has 0 aliphatic carbocycles. The Labute approximate surface area is 167 Å². The van der Waals surface area contributed by atoms with Gasteiger partial charge in [0.05, 0.1) is 12.2 Å². The fourth-order valence-electron chi connectivity index (χ4n) is 3.95. The van der Waals surface area contributed by atoms with Crippen molar-refractivity contribution in [2.75, 3.05) is 6.54 Å². The first-order valence-electron chi connectivity index (χ1n) is 10.3. The van der Waals surface area contributed by atoms with Crippen molar-refractivity contribution in [3.63, 3.8) is 0 Å². The third-order valence-electron chi connectivity index (χ3n) is 6.35. The zero-order chi connectivity index (χ0) is 20.8. The normalized spacial score (nSPS) is 27.2. The van der Waals surface area contributed by atoms with Gasteiger partial charge in [0, 0.05) is 36.4 Å². The van der Waals surface area contributed by atoms with Gasteiger partial charge in [0.2, 0.25) is 0 Å². The first-order chi connectivity index (χ1) is 13.2. The fourth-order valence-corrected chi connectivity index (χ4v) is 3.95. The lowest BCUT2D eigenvalue weighted by Crippen LogP contribution is -2.36. The molecular weight excluding hydrogens is 356 g/mol. The molecule has 0 radical (unpaired) electrons. The number of hydrogen-bond acceptors (Lipinski definition) is 6. The molecular formula is C21H34N4O3. The lowest BCUT2D eigenvalue weighted by Gasteiger charge is -2.32. The number of carbonyl (C=O) groups excluding carboxylic acids is 3. The molecule has 2 N–H and O–H groups in total. The summed E-state index contributed by atoms with van der Waals surface area (Å²) in [5.41, 5.74) is 5.34. The summed E-state index contributed by atoms with van der Waals surface area (Å²) in [7, 11) is 0. The lowest BCUT2D eigenvalue weighted by atomic mass is 9.71. The number of nitrogens with two attached hydrogens (primary N) is 1. The van der Waals surface area contributed by atoms with E-state index in [0.717, 1.165) is 25.1 Å². The SMILES string of the molecule is CC(=O)CC[C@@]1(C)CCc2cn(nn2)CCCC[C@@](C)(C(=O)CN)CCC1=O. The van der Waals surface area contributed by atoms with E-state index in [1.165, 1.54) is 0 Å². The van der Waals surface area contributed by atoms with Gasteiger partial charge in [-0.05, 0) is 45.4 Å². The van der Waals surface area contributed by atoms with Gasteiger partial charge >= 0.3 is 0 Å². The molecule has 2 atom stereocenters. The summed E-state index contributed by atoms with van der Waals surface area (Å²) in [6.45, 7) is 6.19. The Morgan fingerprint density at radius 2 is 1.93 bits per heavy atom. The first kappa shape index (κ1) is 22.4. The first-order valence-corrected chi connectivity index (χ1v) is 10.3. The summed E-state index contributed by atoms with van der Waals surface area (Å²) < 4.78 is 1.83. The largest absolute Gasteiger partial charge is 0.324 e. The molecule has 1 aliphatic rings. The van der Waals surface area contributed by atoms with E-state index in [2.05, 4.69) is 10.3 Å².